The molecule has 0 aliphatic carbocycles. The van der Waals surface area contributed by atoms with Crippen molar-refractivity contribution in [2.75, 3.05) is 52.4 Å². The molecule has 3 amide bonds. The van der Waals surface area contributed by atoms with E-state index in [1.54, 1.807) is 0 Å². The van der Waals surface area contributed by atoms with E-state index in [1.807, 2.05) is 40.1 Å². The van der Waals surface area contributed by atoms with Crippen molar-refractivity contribution in [2.24, 2.45) is 5.10 Å². The Morgan fingerprint density at radius 3 is 2.09 bits per heavy atom. The number of carbonyl (C=O) groups is 3. The standard InChI is InChI=1S/C24H33N5O3/c30-22(9-10-23(31)29-14-11-21(25-29)20-7-3-1-4-8-20)28-17-15-26(16-18-28)19-24(32)27-12-5-2-6-13-27/h1,3-4,7-8H,2,5-6,9-19H2. The molecule has 2 fully saturated rings. The summed E-state index contributed by atoms with van der Waals surface area (Å²) in [4.78, 5) is 43.5. The molecule has 8 heteroatoms. The summed E-state index contributed by atoms with van der Waals surface area (Å²) in [6.45, 7) is 5.39. The van der Waals surface area contributed by atoms with Gasteiger partial charge in [-0.25, -0.2) is 5.01 Å². The maximum absolute atomic E-state index is 12.6. The topological polar surface area (TPSA) is 76.5 Å². The van der Waals surface area contributed by atoms with Gasteiger partial charge in [0.15, 0.2) is 0 Å². The number of amides is 3. The zero-order valence-electron chi connectivity index (χ0n) is 18.7. The second-order valence-electron chi connectivity index (χ2n) is 8.78. The number of rotatable bonds is 6. The van der Waals surface area contributed by atoms with Crippen LogP contribution in [0.3, 0.4) is 0 Å². The molecule has 0 atom stereocenters. The lowest BCUT2D eigenvalue weighted by Gasteiger charge is -2.36. The molecule has 0 radical (unpaired) electrons. The molecule has 1 aromatic rings. The van der Waals surface area contributed by atoms with Crippen LogP contribution in [0.25, 0.3) is 0 Å². The van der Waals surface area contributed by atoms with Crippen molar-refractivity contribution in [1.29, 1.82) is 0 Å². The SMILES string of the molecule is O=C(CCC(=O)N1CCC(c2ccccc2)=N1)N1CCN(CC(=O)N2CCCCC2)CC1. The molecule has 32 heavy (non-hydrogen) atoms. The van der Waals surface area contributed by atoms with E-state index in [0.717, 1.165) is 43.6 Å². The van der Waals surface area contributed by atoms with Crippen molar-refractivity contribution < 1.29 is 14.4 Å². The molecule has 0 bridgehead atoms. The number of hydrogen-bond acceptors (Lipinski definition) is 5. The fraction of sp³-hybridized carbons (Fsp3) is 0.583. The first-order chi connectivity index (χ1) is 15.6. The molecule has 3 aliphatic heterocycles. The highest BCUT2D eigenvalue weighted by Gasteiger charge is 2.26. The van der Waals surface area contributed by atoms with Crippen LogP contribution in [0.4, 0.5) is 0 Å². The monoisotopic (exact) mass is 439 g/mol. The molecule has 2 saturated heterocycles. The lowest BCUT2D eigenvalue weighted by molar-refractivity contribution is -0.138. The van der Waals surface area contributed by atoms with Gasteiger partial charge in [0.05, 0.1) is 18.8 Å². The third-order valence-corrected chi connectivity index (χ3v) is 6.54. The molecule has 0 unspecified atom stereocenters. The van der Waals surface area contributed by atoms with Gasteiger partial charge in [-0.1, -0.05) is 30.3 Å². The van der Waals surface area contributed by atoms with E-state index in [4.69, 9.17) is 0 Å². The van der Waals surface area contributed by atoms with Crippen LogP contribution in [0, 0.1) is 0 Å². The van der Waals surface area contributed by atoms with Crippen LogP contribution in [0.1, 0.15) is 44.1 Å². The average Bonchev–Trinajstić information content (AvgIpc) is 3.34. The predicted octanol–water partition coefficient (Wildman–Crippen LogP) is 1.56. The number of benzene rings is 1. The number of hydrazone groups is 1. The van der Waals surface area contributed by atoms with E-state index in [9.17, 15) is 14.4 Å². The Bertz CT molecular complexity index is 842. The van der Waals surface area contributed by atoms with Gasteiger partial charge in [0.2, 0.25) is 17.7 Å². The van der Waals surface area contributed by atoms with E-state index in [-0.39, 0.29) is 30.6 Å². The third kappa shape index (κ3) is 5.73. The molecule has 3 heterocycles. The maximum Gasteiger partial charge on any atom is 0.243 e. The van der Waals surface area contributed by atoms with Crippen LogP contribution in [0.2, 0.25) is 0 Å². The second kappa shape index (κ2) is 10.7. The highest BCUT2D eigenvalue weighted by Crippen LogP contribution is 2.16. The number of piperidine rings is 1. The van der Waals surface area contributed by atoms with Crippen LogP contribution >= 0.6 is 0 Å². The highest BCUT2D eigenvalue weighted by atomic mass is 16.2. The quantitative estimate of drug-likeness (QED) is 0.674. The molecule has 8 nitrogen and oxygen atoms in total. The molecule has 0 aromatic heterocycles. The first kappa shape index (κ1) is 22.5. The Morgan fingerprint density at radius 1 is 0.719 bits per heavy atom. The van der Waals surface area contributed by atoms with Gasteiger partial charge in [-0.15, -0.1) is 0 Å². The minimum absolute atomic E-state index is 0.00631. The van der Waals surface area contributed by atoms with E-state index < -0.39 is 0 Å². The van der Waals surface area contributed by atoms with E-state index in [2.05, 4.69) is 10.0 Å². The molecule has 1 aromatic carbocycles. The summed E-state index contributed by atoms with van der Waals surface area (Å²) in [7, 11) is 0. The lowest BCUT2D eigenvalue weighted by Crippen LogP contribution is -2.52. The van der Waals surface area contributed by atoms with Crippen LogP contribution in [-0.4, -0.2) is 95.5 Å². The molecule has 0 saturated carbocycles. The molecule has 0 spiro atoms. The van der Waals surface area contributed by atoms with Crippen molar-refractivity contribution in [3.63, 3.8) is 0 Å². The van der Waals surface area contributed by atoms with Gasteiger partial charge in [-0.3, -0.25) is 19.3 Å². The number of hydrogen-bond donors (Lipinski definition) is 0. The summed E-state index contributed by atoms with van der Waals surface area (Å²) >= 11 is 0. The summed E-state index contributed by atoms with van der Waals surface area (Å²) in [6, 6.07) is 9.88. The fourth-order valence-electron chi connectivity index (χ4n) is 4.56. The highest BCUT2D eigenvalue weighted by molar-refractivity contribution is 6.02. The zero-order chi connectivity index (χ0) is 22.3. The molecule has 4 rings (SSSR count). The summed E-state index contributed by atoms with van der Waals surface area (Å²) in [5, 5.41) is 5.96. The maximum atomic E-state index is 12.6. The van der Waals surface area contributed by atoms with Crippen molar-refractivity contribution >= 4 is 23.4 Å². The van der Waals surface area contributed by atoms with Crippen molar-refractivity contribution in [2.45, 2.75) is 38.5 Å². The van der Waals surface area contributed by atoms with Gasteiger partial charge in [0.1, 0.15) is 0 Å². The Hall–Kier alpha value is -2.74. The van der Waals surface area contributed by atoms with Crippen molar-refractivity contribution in [3.8, 4) is 0 Å². The summed E-state index contributed by atoms with van der Waals surface area (Å²) in [5.41, 5.74) is 1.95. The number of carbonyl (C=O) groups excluding carboxylic acids is 3. The van der Waals surface area contributed by atoms with Crippen LogP contribution in [-0.2, 0) is 14.4 Å². The molecule has 0 N–H and O–H groups in total. The molecular weight excluding hydrogens is 406 g/mol. The number of nitrogens with zero attached hydrogens (tertiary/aromatic N) is 5. The summed E-state index contributed by atoms with van der Waals surface area (Å²) in [6.07, 6.45) is 4.54. The Labute approximate surface area is 189 Å². The van der Waals surface area contributed by atoms with Gasteiger partial charge in [0, 0.05) is 58.5 Å². The smallest absolute Gasteiger partial charge is 0.243 e. The fourth-order valence-corrected chi connectivity index (χ4v) is 4.56. The summed E-state index contributed by atoms with van der Waals surface area (Å²) in [5.74, 6) is 0.109. The number of piperazine rings is 1. The van der Waals surface area contributed by atoms with Gasteiger partial charge in [0.25, 0.3) is 0 Å². The molecule has 3 aliphatic rings. The first-order valence-corrected chi connectivity index (χ1v) is 11.8. The largest absolute Gasteiger partial charge is 0.342 e. The van der Waals surface area contributed by atoms with Crippen molar-refractivity contribution in [1.82, 2.24) is 19.7 Å². The predicted molar refractivity (Wildman–Crippen MR) is 122 cm³/mol. The van der Waals surface area contributed by atoms with Crippen LogP contribution in [0.15, 0.2) is 35.4 Å². The number of likely N-dealkylation sites (tertiary alicyclic amines) is 1. The Balaban J connectivity index is 1.17. The third-order valence-electron chi connectivity index (χ3n) is 6.54. The lowest BCUT2D eigenvalue weighted by atomic mass is 10.1. The first-order valence-electron chi connectivity index (χ1n) is 11.8. The average molecular weight is 440 g/mol. The van der Waals surface area contributed by atoms with E-state index >= 15 is 0 Å². The van der Waals surface area contributed by atoms with Gasteiger partial charge < -0.3 is 9.80 Å². The minimum atomic E-state index is -0.102. The zero-order valence-corrected chi connectivity index (χ0v) is 18.7. The van der Waals surface area contributed by atoms with Crippen LogP contribution < -0.4 is 0 Å². The molecular formula is C24H33N5O3. The van der Waals surface area contributed by atoms with E-state index in [1.165, 1.54) is 11.4 Å². The second-order valence-corrected chi connectivity index (χ2v) is 8.78. The normalized spacial score (nSPS) is 19.8. The van der Waals surface area contributed by atoms with E-state index in [0.29, 0.717) is 39.3 Å². The minimum Gasteiger partial charge on any atom is -0.342 e. The molecule has 172 valence electrons. The summed E-state index contributed by atoms with van der Waals surface area (Å²) < 4.78 is 0. The van der Waals surface area contributed by atoms with Gasteiger partial charge >= 0.3 is 0 Å². The van der Waals surface area contributed by atoms with Crippen molar-refractivity contribution in [3.05, 3.63) is 35.9 Å². The Morgan fingerprint density at radius 2 is 1.38 bits per heavy atom. The Kier molecular flexibility index (Phi) is 7.52. The van der Waals surface area contributed by atoms with Crippen LogP contribution in [0.5, 0.6) is 0 Å². The van der Waals surface area contributed by atoms with Gasteiger partial charge in [-0.05, 0) is 24.8 Å². The van der Waals surface area contributed by atoms with Gasteiger partial charge in [-0.2, -0.15) is 5.10 Å².